The molecule has 0 aliphatic carbocycles. The summed E-state index contributed by atoms with van der Waals surface area (Å²) in [6.45, 7) is 0. The minimum absolute atomic E-state index is 0.00326. The maximum absolute atomic E-state index is 13.1. The van der Waals surface area contributed by atoms with E-state index in [0.717, 1.165) is 11.3 Å². The molecule has 0 fully saturated rings. The molecule has 1 aliphatic heterocycles. The molecule has 0 bridgehead atoms. The van der Waals surface area contributed by atoms with Gasteiger partial charge in [-0.1, -0.05) is 59.6 Å². The summed E-state index contributed by atoms with van der Waals surface area (Å²) in [6.07, 6.45) is 1.65. The van der Waals surface area contributed by atoms with Gasteiger partial charge < -0.3 is 5.73 Å². The fourth-order valence-corrected chi connectivity index (χ4v) is 4.96. The van der Waals surface area contributed by atoms with Crippen molar-refractivity contribution in [2.24, 2.45) is 5.73 Å². The summed E-state index contributed by atoms with van der Waals surface area (Å²) >= 11 is 13.7. The first-order valence-electron chi connectivity index (χ1n) is 8.75. The molecular formula is C22H12Cl2N4OS. The Morgan fingerprint density at radius 3 is 2.27 bits per heavy atom. The van der Waals surface area contributed by atoms with Crippen LogP contribution in [0.5, 0.6) is 0 Å². The van der Waals surface area contributed by atoms with Crippen molar-refractivity contribution in [3.63, 3.8) is 0 Å². The van der Waals surface area contributed by atoms with Gasteiger partial charge >= 0.3 is 0 Å². The number of nitrogens with zero attached hydrogens (tertiary/aromatic N) is 3. The van der Waals surface area contributed by atoms with Crippen molar-refractivity contribution < 1.29 is 0 Å². The van der Waals surface area contributed by atoms with E-state index in [2.05, 4.69) is 12.1 Å². The summed E-state index contributed by atoms with van der Waals surface area (Å²) in [7, 11) is 0. The second-order valence-corrected chi connectivity index (χ2v) is 8.31. The first-order chi connectivity index (χ1) is 14.5. The van der Waals surface area contributed by atoms with E-state index in [1.165, 1.54) is 4.57 Å². The Hall–Kier alpha value is -3.29. The number of hydrogen-bond acceptors (Lipinski definition) is 5. The molecule has 8 heteroatoms. The molecule has 5 nitrogen and oxygen atoms in total. The maximum Gasteiger partial charge on any atom is 0.274 e. The van der Waals surface area contributed by atoms with E-state index in [-0.39, 0.29) is 17.0 Å². The standard InChI is InChI=1S/C22H12Cl2N4OS/c23-16-7-3-1-5-12(16)9-18-21(29)28-20(27)14(10-25)19(15(11-26)22(28)30-18)13-6-2-4-8-17(13)24/h1-9,19H,27H2/b18-9-/t19-/m0/s1. The van der Waals surface area contributed by atoms with Crippen LogP contribution in [0, 0.1) is 22.7 Å². The summed E-state index contributed by atoms with van der Waals surface area (Å²) in [5, 5.41) is 20.7. The van der Waals surface area contributed by atoms with Gasteiger partial charge in [0.1, 0.15) is 10.5 Å². The fourth-order valence-electron chi connectivity index (χ4n) is 3.41. The highest BCUT2D eigenvalue weighted by Crippen LogP contribution is 2.38. The van der Waals surface area contributed by atoms with Crippen LogP contribution in [0.4, 0.5) is 0 Å². The van der Waals surface area contributed by atoms with Crippen LogP contribution in [0.25, 0.3) is 17.5 Å². The second-order valence-electron chi connectivity index (χ2n) is 6.47. The van der Waals surface area contributed by atoms with E-state index < -0.39 is 11.5 Å². The Morgan fingerprint density at radius 1 is 1.00 bits per heavy atom. The van der Waals surface area contributed by atoms with Gasteiger partial charge in [0.2, 0.25) is 0 Å². The van der Waals surface area contributed by atoms with Gasteiger partial charge in [0.05, 0.1) is 33.7 Å². The van der Waals surface area contributed by atoms with E-state index in [1.807, 2.05) is 6.07 Å². The van der Waals surface area contributed by atoms with Crippen molar-refractivity contribution in [1.29, 1.82) is 10.5 Å². The lowest BCUT2D eigenvalue weighted by molar-refractivity contribution is 0.906. The molecule has 0 saturated carbocycles. The van der Waals surface area contributed by atoms with Crippen LogP contribution < -0.4 is 20.5 Å². The molecule has 0 amide bonds. The number of aromatic nitrogens is 1. The topological polar surface area (TPSA) is 95.6 Å². The van der Waals surface area contributed by atoms with Crippen LogP contribution in [0.15, 0.2) is 58.9 Å². The number of rotatable bonds is 2. The number of fused-ring (bicyclic) bond motifs is 1. The predicted molar refractivity (Wildman–Crippen MR) is 119 cm³/mol. The molecule has 146 valence electrons. The van der Waals surface area contributed by atoms with Gasteiger partial charge in [0.15, 0.2) is 0 Å². The van der Waals surface area contributed by atoms with Crippen molar-refractivity contribution in [3.8, 4) is 12.1 Å². The SMILES string of the molecule is N#CC1=C(N)n2c(s/c(=C\c3ccccc3Cl)c2=O)=C(C#N)[C@H]1c1ccccc1Cl. The van der Waals surface area contributed by atoms with Crippen LogP contribution >= 0.6 is 34.5 Å². The van der Waals surface area contributed by atoms with E-state index in [1.54, 1.807) is 48.5 Å². The fraction of sp³-hybridized carbons (Fsp3) is 0.0455. The molecule has 30 heavy (non-hydrogen) atoms. The van der Waals surface area contributed by atoms with Gasteiger partial charge in [-0.2, -0.15) is 10.5 Å². The molecule has 2 aromatic carbocycles. The molecule has 1 atom stereocenters. The zero-order valence-corrected chi connectivity index (χ0v) is 17.6. The third-order valence-electron chi connectivity index (χ3n) is 4.80. The van der Waals surface area contributed by atoms with Gasteiger partial charge in [0, 0.05) is 10.0 Å². The molecule has 4 rings (SSSR count). The summed E-state index contributed by atoms with van der Waals surface area (Å²) in [6, 6.07) is 18.3. The molecule has 0 spiro atoms. The van der Waals surface area contributed by atoms with Crippen molar-refractivity contribution >= 4 is 52.0 Å². The summed E-state index contributed by atoms with van der Waals surface area (Å²) in [5.74, 6) is -0.753. The molecule has 0 radical (unpaired) electrons. The number of nitrogens with two attached hydrogens (primary N) is 1. The first-order valence-corrected chi connectivity index (χ1v) is 10.3. The number of allylic oxidation sites excluding steroid dienone is 1. The largest absolute Gasteiger partial charge is 0.384 e. The third kappa shape index (κ3) is 3.12. The van der Waals surface area contributed by atoms with Crippen molar-refractivity contribution in [2.45, 2.75) is 5.92 Å². The number of halogens is 2. The van der Waals surface area contributed by atoms with Crippen molar-refractivity contribution in [3.05, 3.63) is 94.8 Å². The molecule has 2 heterocycles. The van der Waals surface area contributed by atoms with Gasteiger partial charge in [0.25, 0.3) is 5.56 Å². The number of hydrogen-bond donors (Lipinski definition) is 1. The van der Waals surface area contributed by atoms with Gasteiger partial charge in [-0.05, 0) is 29.3 Å². The van der Waals surface area contributed by atoms with Crippen LogP contribution in [-0.4, -0.2) is 4.57 Å². The average molecular weight is 451 g/mol. The molecule has 0 unspecified atom stereocenters. The summed E-state index contributed by atoms with van der Waals surface area (Å²) in [4.78, 5) is 13.1. The molecule has 3 aromatic rings. The van der Waals surface area contributed by atoms with Crippen molar-refractivity contribution in [2.75, 3.05) is 0 Å². The van der Waals surface area contributed by atoms with Crippen LogP contribution in [0.2, 0.25) is 10.0 Å². The normalized spacial score (nSPS) is 16.2. The minimum Gasteiger partial charge on any atom is -0.384 e. The van der Waals surface area contributed by atoms with E-state index in [0.29, 0.717) is 30.4 Å². The minimum atomic E-state index is -0.750. The molecule has 0 saturated heterocycles. The zero-order valence-electron chi connectivity index (χ0n) is 15.3. The van der Waals surface area contributed by atoms with E-state index in [9.17, 15) is 15.3 Å². The van der Waals surface area contributed by atoms with Crippen LogP contribution in [-0.2, 0) is 0 Å². The average Bonchev–Trinajstić information content (AvgIpc) is 3.06. The smallest absolute Gasteiger partial charge is 0.274 e. The Labute approximate surface area is 185 Å². The summed E-state index contributed by atoms with van der Waals surface area (Å²) < 4.78 is 1.95. The van der Waals surface area contributed by atoms with Crippen LogP contribution in [0.1, 0.15) is 17.0 Å². The molecule has 1 aromatic heterocycles. The molecular weight excluding hydrogens is 439 g/mol. The highest BCUT2D eigenvalue weighted by atomic mass is 35.5. The van der Waals surface area contributed by atoms with Crippen LogP contribution in [0.3, 0.4) is 0 Å². The van der Waals surface area contributed by atoms with Crippen molar-refractivity contribution in [1.82, 2.24) is 4.57 Å². The predicted octanol–water partition coefficient (Wildman–Crippen LogP) is 3.17. The molecule has 2 N–H and O–H groups in total. The lowest BCUT2D eigenvalue weighted by Crippen LogP contribution is -2.38. The highest BCUT2D eigenvalue weighted by Gasteiger charge is 2.33. The van der Waals surface area contributed by atoms with E-state index >= 15 is 0 Å². The highest BCUT2D eigenvalue weighted by molar-refractivity contribution is 7.07. The number of thiazole rings is 1. The Kier molecular flexibility index (Phi) is 5.24. The van der Waals surface area contributed by atoms with Gasteiger partial charge in [-0.25, -0.2) is 0 Å². The monoisotopic (exact) mass is 450 g/mol. The maximum atomic E-state index is 13.1. The third-order valence-corrected chi connectivity index (χ3v) is 6.59. The molecule has 1 aliphatic rings. The second kappa shape index (κ2) is 7.85. The van der Waals surface area contributed by atoms with Gasteiger partial charge in [-0.3, -0.25) is 9.36 Å². The summed E-state index contributed by atoms with van der Waals surface area (Å²) in [5.41, 5.74) is 7.44. The first kappa shape index (κ1) is 20.0. The number of nitriles is 2. The zero-order chi connectivity index (χ0) is 21.4. The van der Waals surface area contributed by atoms with Gasteiger partial charge in [-0.15, -0.1) is 11.3 Å². The lowest BCUT2D eigenvalue weighted by Gasteiger charge is -2.22. The Morgan fingerprint density at radius 2 is 1.63 bits per heavy atom. The lowest BCUT2D eigenvalue weighted by atomic mass is 9.84. The number of benzene rings is 2. The Balaban J connectivity index is 2.10. The Bertz CT molecular complexity index is 1480. The quantitative estimate of drug-likeness (QED) is 0.648. The van der Waals surface area contributed by atoms with E-state index in [4.69, 9.17) is 28.9 Å².